The van der Waals surface area contributed by atoms with Crippen molar-refractivity contribution in [1.82, 2.24) is 5.32 Å². The van der Waals surface area contributed by atoms with E-state index in [4.69, 9.17) is 5.73 Å². The highest BCUT2D eigenvalue weighted by Gasteiger charge is 2.40. The number of rotatable bonds is 6. The van der Waals surface area contributed by atoms with Gasteiger partial charge in [0, 0.05) is 0 Å². The van der Waals surface area contributed by atoms with Gasteiger partial charge in [-0.3, -0.25) is 4.79 Å². The number of methoxy groups -OCH3 is 1. The molecule has 3 N–H and O–H groups in total. The highest BCUT2D eigenvalue weighted by Crippen LogP contribution is 2.15. The van der Waals surface area contributed by atoms with Gasteiger partial charge in [-0.05, 0) is 25.8 Å². The van der Waals surface area contributed by atoms with E-state index in [-0.39, 0.29) is 18.8 Å². The maximum atomic E-state index is 12.0. The number of nitrogens with one attached hydrogen (secondary N) is 1. The predicted octanol–water partition coefficient (Wildman–Crippen LogP) is 0.757. The van der Waals surface area contributed by atoms with E-state index in [1.165, 1.54) is 0 Å². The molecule has 0 fully saturated rings. The zero-order chi connectivity index (χ0) is 13.5. The molecule has 0 bridgehead atoms. The van der Waals surface area contributed by atoms with E-state index in [0.717, 1.165) is 7.11 Å². The second-order valence-corrected chi connectivity index (χ2v) is 3.33. The summed E-state index contributed by atoms with van der Waals surface area (Å²) in [6.07, 6.45) is -3.98. The Labute approximate surface area is 109 Å². The van der Waals surface area contributed by atoms with E-state index in [2.05, 4.69) is 4.74 Å². The number of nitrogens with two attached hydrogens (primary N) is 1. The Bertz CT molecular complexity index is 274. The minimum Gasteiger partial charge on any atom is -0.467 e. The van der Waals surface area contributed by atoms with Gasteiger partial charge in [-0.25, -0.2) is 4.79 Å². The van der Waals surface area contributed by atoms with Gasteiger partial charge in [0.2, 0.25) is 0 Å². The second-order valence-electron chi connectivity index (χ2n) is 3.33. The number of halogens is 4. The zero-order valence-corrected chi connectivity index (χ0v) is 10.6. The first-order valence-electron chi connectivity index (χ1n) is 4.98. The van der Waals surface area contributed by atoms with Crippen LogP contribution in [0, 0.1) is 0 Å². The number of hydrogen-bond acceptors (Lipinski definition) is 4. The third-order valence-electron chi connectivity index (χ3n) is 2.00. The van der Waals surface area contributed by atoms with E-state index >= 15 is 0 Å². The Hall–Kier alpha value is -1.02. The number of esters is 1. The molecule has 0 aromatic heterocycles. The Kier molecular flexibility index (Phi) is 9.64. The Balaban J connectivity index is 0. The fraction of sp³-hybridized carbons (Fsp3) is 0.778. The summed E-state index contributed by atoms with van der Waals surface area (Å²) in [6.45, 7) is 0.362. The lowest BCUT2D eigenvalue weighted by Gasteiger charge is -2.17. The molecule has 0 spiro atoms. The lowest BCUT2D eigenvalue weighted by Crippen LogP contribution is -2.47. The van der Waals surface area contributed by atoms with Crippen molar-refractivity contribution in [2.24, 2.45) is 5.73 Å². The molecule has 0 saturated heterocycles. The monoisotopic (exact) mass is 292 g/mol. The van der Waals surface area contributed by atoms with Gasteiger partial charge >= 0.3 is 18.1 Å². The first-order valence-corrected chi connectivity index (χ1v) is 4.98. The zero-order valence-electron chi connectivity index (χ0n) is 9.75. The lowest BCUT2D eigenvalue weighted by atomic mass is 10.1. The molecule has 0 saturated carbocycles. The second kappa shape index (κ2) is 8.98. The lowest BCUT2D eigenvalue weighted by molar-refractivity contribution is -0.175. The normalized spacial score (nSPS) is 12.3. The Morgan fingerprint density at radius 1 is 1.33 bits per heavy atom. The summed E-state index contributed by atoms with van der Waals surface area (Å²) in [4.78, 5) is 21.8. The van der Waals surface area contributed by atoms with Gasteiger partial charge in [-0.2, -0.15) is 13.2 Å². The molecule has 0 rings (SSSR count). The molecule has 1 atom stereocenters. The molecule has 0 unspecified atom stereocenters. The number of amides is 1. The van der Waals surface area contributed by atoms with Gasteiger partial charge in [0.15, 0.2) is 0 Å². The fourth-order valence-corrected chi connectivity index (χ4v) is 1.12. The fourth-order valence-electron chi connectivity index (χ4n) is 1.12. The third-order valence-corrected chi connectivity index (χ3v) is 2.00. The summed E-state index contributed by atoms with van der Waals surface area (Å²) in [5.41, 5.74) is 5.21. The summed E-state index contributed by atoms with van der Waals surface area (Å²) in [5, 5.41) is 1.59. The number of carbonyl (C=O) groups is 2. The van der Waals surface area contributed by atoms with Crippen LogP contribution in [0.25, 0.3) is 0 Å². The number of carbonyl (C=O) groups excluding carboxylic acids is 2. The van der Waals surface area contributed by atoms with Gasteiger partial charge in [0.1, 0.15) is 6.04 Å². The molecule has 5 nitrogen and oxygen atoms in total. The minimum atomic E-state index is -5.01. The van der Waals surface area contributed by atoms with Crippen molar-refractivity contribution in [2.75, 3.05) is 13.7 Å². The van der Waals surface area contributed by atoms with Crippen LogP contribution in [0.15, 0.2) is 0 Å². The van der Waals surface area contributed by atoms with Crippen molar-refractivity contribution in [3.05, 3.63) is 0 Å². The molecular weight excluding hydrogens is 277 g/mol. The molecule has 1 amide bonds. The van der Waals surface area contributed by atoms with Crippen LogP contribution in [-0.4, -0.2) is 37.7 Å². The first-order chi connectivity index (χ1) is 7.82. The summed E-state index contributed by atoms with van der Waals surface area (Å²) < 4.78 is 40.2. The summed E-state index contributed by atoms with van der Waals surface area (Å²) in [7, 11) is 1.04. The maximum Gasteiger partial charge on any atom is 0.471 e. The van der Waals surface area contributed by atoms with E-state index in [9.17, 15) is 22.8 Å². The minimum absolute atomic E-state index is 0. The molecular formula is C9H16ClF3N2O3. The first kappa shape index (κ1) is 19.3. The number of hydrogen-bond donors (Lipinski definition) is 2. The summed E-state index contributed by atoms with van der Waals surface area (Å²) in [5.74, 6) is -3.06. The predicted molar refractivity (Wildman–Crippen MR) is 60.2 cm³/mol. The summed E-state index contributed by atoms with van der Waals surface area (Å²) in [6, 6.07) is -1.29. The number of alkyl halides is 3. The molecule has 0 aromatic carbocycles. The van der Waals surface area contributed by atoms with Crippen LogP contribution in [0.3, 0.4) is 0 Å². The average molecular weight is 293 g/mol. The highest BCUT2D eigenvalue weighted by atomic mass is 35.5. The number of ether oxygens (including phenoxy) is 1. The molecule has 108 valence electrons. The van der Waals surface area contributed by atoms with Crippen molar-refractivity contribution in [1.29, 1.82) is 0 Å². The molecule has 0 aliphatic carbocycles. The van der Waals surface area contributed by atoms with Crippen LogP contribution in [0.1, 0.15) is 19.3 Å². The maximum absolute atomic E-state index is 12.0. The van der Waals surface area contributed by atoms with Crippen LogP contribution in [0.4, 0.5) is 13.2 Å². The van der Waals surface area contributed by atoms with Crippen molar-refractivity contribution in [2.45, 2.75) is 31.5 Å². The molecule has 0 heterocycles. The molecule has 18 heavy (non-hydrogen) atoms. The molecule has 0 aromatic rings. The van der Waals surface area contributed by atoms with Crippen LogP contribution in [-0.2, 0) is 14.3 Å². The van der Waals surface area contributed by atoms with Crippen molar-refractivity contribution in [3.8, 4) is 0 Å². The van der Waals surface area contributed by atoms with E-state index in [1.807, 2.05) is 0 Å². The summed E-state index contributed by atoms with van der Waals surface area (Å²) >= 11 is 0. The van der Waals surface area contributed by atoms with E-state index in [0.29, 0.717) is 19.4 Å². The van der Waals surface area contributed by atoms with Crippen molar-refractivity contribution in [3.63, 3.8) is 0 Å². The van der Waals surface area contributed by atoms with Crippen LogP contribution >= 0.6 is 12.4 Å². The highest BCUT2D eigenvalue weighted by molar-refractivity contribution is 5.87. The smallest absolute Gasteiger partial charge is 0.467 e. The van der Waals surface area contributed by atoms with E-state index < -0.39 is 24.1 Å². The largest absolute Gasteiger partial charge is 0.471 e. The number of unbranched alkanes of at least 4 members (excludes halogenated alkanes) is 1. The van der Waals surface area contributed by atoms with Gasteiger partial charge in [-0.15, -0.1) is 12.4 Å². The molecule has 0 aliphatic heterocycles. The SMILES string of the molecule is COC(=O)[C@H](CCCCN)NC(=O)C(F)(F)F.Cl. The van der Waals surface area contributed by atoms with Crippen molar-refractivity contribution < 1.29 is 27.5 Å². The van der Waals surface area contributed by atoms with Crippen LogP contribution in [0.2, 0.25) is 0 Å². The average Bonchev–Trinajstić information content (AvgIpc) is 2.25. The Morgan fingerprint density at radius 3 is 2.28 bits per heavy atom. The van der Waals surface area contributed by atoms with Gasteiger partial charge in [0.25, 0.3) is 0 Å². The van der Waals surface area contributed by atoms with E-state index in [1.54, 1.807) is 5.32 Å². The standard InChI is InChI=1S/C9H15F3N2O3.ClH/c1-17-7(15)6(4-2-3-5-13)14-8(16)9(10,11)12;/h6H,2-5,13H2,1H3,(H,14,16);1H/t6-;/m0./s1. The Morgan fingerprint density at radius 2 is 1.89 bits per heavy atom. The van der Waals surface area contributed by atoms with Crippen molar-refractivity contribution >= 4 is 24.3 Å². The van der Waals surface area contributed by atoms with Gasteiger partial charge in [-0.1, -0.05) is 0 Å². The van der Waals surface area contributed by atoms with Crippen LogP contribution < -0.4 is 11.1 Å². The topological polar surface area (TPSA) is 81.4 Å². The molecule has 9 heteroatoms. The quantitative estimate of drug-likeness (QED) is 0.559. The third kappa shape index (κ3) is 7.33. The van der Waals surface area contributed by atoms with Gasteiger partial charge in [0.05, 0.1) is 7.11 Å². The van der Waals surface area contributed by atoms with Gasteiger partial charge < -0.3 is 15.8 Å². The van der Waals surface area contributed by atoms with Crippen LogP contribution in [0.5, 0.6) is 0 Å². The molecule has 0 aliphatic rings. The molecule has 0 radical (unpaired) electrons.